The van der Waals surface area contributed by atoms with Crippen molar-refractivity contribution in [1.82, 2.24) is 0 Å². The van der Waals surface area contributed by atoms with E-state index in [0.717, 1.165) is 32.1 Å². The molecule has 1 atom stereocenters. The molecule has 0 aliphatic rings. The zero-order chi connectivity index (χ0) is 20.7. The predicted octanol–water partition coefficient (Wildman–Crippen LogP) is 8.09. The van der Waals surface area contributed by atoms with Crippen molar-refractivity contribution in [2.24, 2.45) is 5.92 Å². The van der Waals surface area contributed by atoms with E-state index in [0.29, 0.717) is 6.61 Å². The Labute approximate surface area is 200 Å². The Balaban J connectivity index is 0. The van der Waals surface area contributed by atoms with Gasteiger partial charge in [-0.2, -0.15) is 0 Å². The minimum atomic E-state index is 0. The molecule has 3 heteroatoms. The zero-order valence-electron chi connectivity index (χ0n) is 20.5. The summed E-state index contributed by atoms with van der Waals surface area (Å²) in [5.41, 5.74) is 0. The van der Waals surface area contributed by atoms with Gasteiger partial charge in [-0.15, -0.1) is 0 Å². The first-order valence-electron chi connectivity index (χ1n) is 12.9. The Morgan fingerprint density at radius 3 is 1.34 bits per heavy atom. The van der Waals surface area contributed by atoms with E-state index >= 15 is 0 Å². The second-order valence-corrected chi connectivity index (χ2v) is 8.72. The summed E-state index contributed by atoms with van der Waals surface area (Å²) in [6.45, 7) is 7.18. The van der Waals surface area contributed by atoms with Crippen LogP contribution >= 0.6 is 0 Å². The molecule has 0 aromatic carbocycles. The van der Waals surface area contributed by atoms with Crippen LogP contribution in [-0.4, -0.2) is 36.5 Å². The Morgan fingerprint density at radius 1 is 0.586 bits per heavy atom. The fourth-order valence-electron chi connectivity index (χ4n) is 3.88. The third-order valence-corrected chi connectivity index (χ3v) is 5.97. The molecule has 0 saturated heterocycles. The number of rotatable bonds is 22. The summed E-state index contributed by atoms with van der Waals surface area (Å²) in [5, 5.41) is 0. The van der Waals surface area contributed by atoms with Gasteiger partial charge in [0.05, 0.1) is 12.5 Å². The molecule has 0 bridgehead atoms. The molecular weight excluding hydrogens is 463 g/mol. The second kappa shape index (κ2) is 26.3. The van der Waals surface area contributed by atoms with Crippen LogP contribution in [0.3, 0.4) is 0 Å². The molecule has 29 heavy (non-hydrogen) atoms. The van der Waals surface area contributed by atoms with Gasteiger partial charge in [-0.3, -0.25) is 4.79 Å². The summed E-state index contributed by atoms with van der Waals surface area (Å²) in [5.74, 6) is 0.165. The van der Waals surface area contributed by atoms with Gasteiger partial charge < -0.3 is 4.74 Å². The summed E-state index contributed by atoms with van der Waals surface area (Å²) in [6, 6.07) is 0. The molecule has 0 N–H and O–H groups in total. The number of ether oxygens (including phenoxy) is 1. The third-order valence-electron chi connectivity index (χ3n) is 5.97. The van der Waals surface area contributed by atoms with Crippen LogP contribution < -0.4 is 0 Å². The zero-order valence-corrected chi connectivity index (χ0v) is 24.5. The topological polar surface area (TPSA) is 26.3 Å². The van der Waals surface area contributed by atoms with E-state index in [1.165, 1.54) is 96.3 Å². The first-order valence-corrected chi connectivity index (χ1v) is 12.9. The molecule has 0 amide bonds. The van der Waals surface area contributed by atoms with Crippen LogP contribution in [0.5, 0.6) is 0 Å². The van der Waals surface area contributed by atoms with E-state index in [9.17, 15) is 4.79 Å². The van der Waals surface area contributed by atoms with Crippen molar-refractivity contribution in [3.05, 3.63) is 0 Å². The molecular formula is C26H54O2Sn. The summed E-state index contributed by atoms with van der Waals surface area (Å²) < 4.78 is 5.47. The van der Waals surface area contributed by atoms with Gasteiger partial charge in [0.25, 0.3) is 0 Å². The standard InChI is InChI=1S/C26H52O2.Sn.2H/c1-4-7-9-10-11-12-13-14-15-16-17-18-19-20-21-22-24-28-26(27)25(6-3)23-8-5-2;;;/h25H,4-24H2,1-3H3;;;. The van der Waals surface area contributed by atoms with Gasteiger partial charge in [0.1, 0.15) is 0 Å². The maximum absolute atomic E-state index is 12.0. The molecule has 0 aromatic heterocycles. The van der Waals surface area contributed by atoms with Crippen molar-refractivity contribution in [1.29, 1.82) is 0 Å². The number of unbranched alkanes of at least 4 members (excludes halogenated alkanes) is 16. The van der Waals surface area contributed by atoms with Crippen molar-refractivity contribution >= 4 is 29.9 Å². The molecule has 0 fully saturated rings. The van der Waals surface area contributed by atoms with Crippen molar-refractivity contribution in [2.45, 2.75) is 149 Å². The molecule has 0 aliphatic carbocycles. The summed E-state index contributed by atoms with van der Waals surface area (Å²) in [4.78, 5) is 12.0. The number of esters is 1. The van der Waals surface area contributed by atoms with Crippen LogP contribution in [0.15, 0.2) is 0 Å². The summed E-state index contributed by atoms with van der Waals surface area (Å²) in [6.07, 6.45) is 26.2. The van der Waals surface area contributed by atoms with Gasteiger partial charge in [-0.1, -0.05) is 130 Å². The predicted molar refractivity (Wildman–Crippen MR) is 132 cm³/mol. The number of hydrogen-bond donors (Lipinski definition) is 0. The molecule has 2 radical (unpaired) electrons. The van der Waals surface area contributed by atoms with E-state index in [2.05, 4.69) is 20.8 Å². The van der Waals surface area contributed by atoms with Crippen LogP contribution in [0.1, 0.15) is 149 Å². The average Bonchev–Trinajstić information content (AvgIpc) is 2.70. The number of hydrogen-bond acceptors (Lipinski definition) is 2. The van der Waals surface area contributed by atoms with Gasteiger partial charge in [-0.05, 0) is 19.3 Å². The van der Waals surface area contributed by atoms with Crippen LogP contribution in [0.4, 0.5) is 0 Å². The first kappa shape index (κ1) is 31.5. The molecule has 1 unspecified atom stereocenters. The number of carbonyl (C=O) groups excluding carboxylic acids is 1. The van der Waals surface area contributed by atoms with Crippen molar-refractivity contribution in [2.75, 3.05) is 6.61 Å². The average molecular weight is 517 g/mol. The third kappa shape index (κ3) is 22.8. The molecule has 0 heterocycles. The molecule has 2 nitrogen and oxygen atoms in total. The van der Waals surface area contributed by atoms with Gasteiger partial charge in [-0.25, -0.2) is 0 Å². The van der Waals surface area contributed by atoms with Crippen LogP contribution in [0, 0.1) is 5.92 Å². The second-order valence-electron chi connectivity index (χ2n) is 8.72. The molecule has 0 saturated carbocycles. The Kier molecular flexibility index (Phi) is 28.5. The number of carbonyl (C=O) groups is 1. The van der Waals surface area contributed by atoms with Gasteiger partial charge in [0.2, 0.25) is 0 Å². The van der Waals surface area contributed by atoms with E-state index in [4.69, 9.17) is 4.74 Å². The van der Waals surface area contributed by atoms with Crippen molar-refractivity contribution in [3.63, 3.8) is 0 Å². The van der Waals surface area contributed by atoms with Crippen LogP contribution in [0.2, 0.25) is 0 Å². The fourth-order valence-corrected chi connectivity index (χ4v) is 3.88. The Morgan fingerprint density at radius 2 is 0.966 bits per heavy atom. The first-order chi connectivity index (χ1) is 13.8. The molecule has 0 aliphatic heterocycles. The molecule has 0 spiro atoms. The van der Waals surface area contributed by atoms with E-state index in [1.807, 2.05) is 0 Å². The molecule has 0 rings (SSSR count). The Bertz CT molecular complexity index is 320. The Hall–Kier alpha value is 0.269. The van der Waals surface area contributed by atoms with Gasteiger partial charge >= 0.3 is 29.9 Å². The molecule has 0 aromatic rings. The van der Waals surface area contributed by atoms with Crippen molar-refractivity contribution in [3.8, 4) is 0 Å². The summed E-state index contributed by atoms with van der Waals surface area (Å²) >= 11 is 0. The maximum atomic E-state index is 12.0. The monoisotopic (exact) mass is 518 g/mol. The SMILES string of the molecule is CCCCCCCCCCCCCCCCCCOC(=O)C(CC)CCCC.[SnH2]. The van der Waals surface area contributed by atoms with Crippen LogP contribution in [-0.2, 0) is 9.53 Å². The van der Waals surface area contributed by atoms with Crippen molar-refractivity contribution < 1.29 is 9.53 Å². The fraction of sp³-hybridized carbons (Fsp3) is 0.962. The van der Waals surface area contributed by atoms with E-state index in [1.54, 1.807) is 0 Å². The minimum absolute atomic E-state index is 0. The normalized spacial score (nSPS) is 11.8. The van der Waals surface area contributed by atoms with Crippen LogP contribution in [0.25, 0.3) is 0 Å². The van der Waals surface area contributed by atoms with E-state index in [-0.39, 0.29) is 35.8 Å². The quantitative estimate of drug-likeness (QED) is 0.0824. The van der Waals surface area contributed by atoms with E-state index < -0.39 is 0 Å². The summed E-state index contributed by atoms with van der Waals surface area (Å²) in [7, 11) is 0. The van der Waals surface area contributed by atoms with Gasteiger partial charge in [0, 0.05) is 0 Å². The molecule has 174 valence electrons. The van der Waals surface area contributed by atoms with Gasteiger partial charge in [0.15, 0.2) is 0 Å².